The molecule has 1 aliphatic rings. The second-order valence-corrected chi connectivity index (χ2v) is 6.10. The number of likely N-dealkylation sites (tertiary alicyclic amines) is 1. The minimum absolute atomic E-state index is 0.123. The van der Waals surface area contributed by atoms with E-state index in [1.54, 1.807) is 20.8 Å². The average molecular weight is 300 g/mol. The van der Waals surface area contributed by atoms with Crippen LogP contribution in [0.5, 0.6) is 0 Å². The predicted octanol–water partition coefficient (Wildman–Crippen LogP) is 1.02. The van der Waals surface area contributed by atoms with Crippen LogP contribution in [0.1, 0.15) is 33.6 Å². The first kappa shape index (κ1) is 17.3. The number of nitrogens with zero attached hydrogens (tertiary/aromatic N) is 2. The average Bonchev–Trinajstić information content (AvgIpc) is 2.84. The number of ether oxygens (including phenoxy) is 2. The standard InChI is InChI=1S/C14H24N2O5/c1-14(2,3)21-13(19)15(4)9-11(17)16-8-6-7-10(16)12(18)20-5/h10H,6-9H2,1-5H3/t10-/m0/s1. The molecular weight excluding hydrogens is 276 g/mol. The maximum atomic E-state index is 12.2. The molecule has 1 atom stereocenters. The van der Waals surface area contributed by atoms with Crippen LogP contribution in [0.25, 0.3) is 0 Å². The lowest BCUT2D eigenvalue weighted by Gasteiger charge is -2.27. The fourth-order valence-corrected chi connectivity index (χ4v) is 2.14. The van der Waals surface area contributed by atoms with Gasteiger partial charge in [-0.1, -0.05) is 0 Å². The van der Waals surface area contributed by atoms with Crippen LogP contribution in [-0.4, -0.2) is 66.7 Å². The molecule has 7 heteroatoms. The van der Waals surface area contributed by atoms with Crippen LogP contribution in [0, 0.1) is 0 Å². The maximum Gasteiger partial charge on any atom is 0.410 e. The van der Waals surface area contributed by atoms with Gasteiger partial charge in [0.25, 0.3) is 0 Å². The van der Waals surface area contributed by atoms with Crippen LogP contribution in [-0.2, 0) is 19.1 Å². The molecule has 1 aliphatic heterocycles. The zero-order valence-corrected chi connectivity index (χ0v) is 13.3. The van der Waals surface area contributed by atoms with Crippen LogP contribution < -0.4 is 0 Å². The SMILES string of the molecule is COC(=O)[C@@H]1CCCN1C(=O)CN(C)C(=O)OC(C)(C)C. The second kappa shape index (κ2) is 6.78. The molecule has 0 N–H and O–H groups in total. The Kier molecular flexibility index (Phi) is 5.57. The van der Waals surface area contributed by atoms with Crippen LogP contribution in [0.2, 0.25) is 0 Å². The zero-order chi connectivity index (χ0) is 16.2. The third-order valence-electron chi connectivity index (χ3n) is 3.12. The first-order valence-electron chi connectivity index (χ1n) is 6.97. The van der Waals surface area contributed by atoms with Gasteiger partial charge in [-0.15, -0.1) is 0 Å². The molecule has 0 spiro atoms. The third-order valence-corrected chi connectivity index (χ3v) is 3.12. The van der Waals surface area contributed by atoms with Crippen LogP contribution >= 0.6 is 0 Å². The summed E-state index contributed by atoms with van der Waals surface area (Å²) in [7, 11) is 2.80. The van der Waals surface area contributed by atoms with E-state index in [0.717, 1.165) is 6.42 Å². The molecular formula is C14H24N2O5. The molecule has 21 heavy (non-hydrogen) atoms. The predicted molar refractivity (Wildman–Crippen MR) is 75.6 cm³/mol. The number of hydrogen-bond donors (Lipinski definition) is 0. The highest BCUT2D eigenvalue weighted by Crippen LogP contribution is 2.19. The Bertz CT molecular complexity index is 416. The summed E-state index contributed by atoms with van der Waals surface area (Å²) in [5.41, 5.74) is -0.614. The zero-order valence-electron chi connectivity index (χ0n) is 13.3. The normalized spacial score (nSPS) is 18.3. The lowest BCUT2D eigenvalue weighted by Crippen LogP contribution is -2.47. The van der Waals surface area contributed by atoms with E-state index in [0.29, 0.717) is 13.0 Å². The molecule has 7 nitrogen and oxygen atoms in total. The lowest BCUT2D eigenvalue weighted by molar-refractivity contribution is -0.151. The van der Waals surface area contributed by atoms with Gasteiger partial charge in [0.05, 0.1) is 7.11 Å². The first-order chi connectivity index (χ1) is 9.65. The fourth-order valence-electron chi connectivity index (χ4n) is 2.14. The molecule has 1 saturated heterocycles. The largest absolute Gasteiger partial charge is 0.467 e. The maximum absolute atomic E-state index is 12.2. The van der Waals surface area contributed by atoms with Gasteiger partial charge in [0.2, 0.25) is 5.91 Å². The van der Waals surface area contributed by atoms with Gasteiger partial charge in [-0.3, -0.25) is 4.79 Å². The number of likely N-dealkylation sites (N-methyl/N-ethyl adjacent to an activating group) is 1. The number of esters is 1. The van der Waals surface area contributed by atoms with E-state index < -0.39 is 23.7 Å². The molecule has 2 amide bonds. The molecule has 0 bridgehead atoms. The van der Waals surface area contributed by atoms with Crippen molar-refractivity contribution in [2.75, 3.05) is 27.2 Å². The summed E-state index contributed by atoms with van der Waals surface area (Å²) in [6.07, 6.45) is 0.778. The molecule has 1 heterocycles. The van der Waals surface area contributed by atoms with Crippen molar-refractivity contribution < 1.29 is 23.9 Å². The van der Waals surface area contributed by atoms with E-state index in [4.69, 9.17) is 9.47 Å². The van der Waals surface area contributed by atoms with E-state index in [1.807, 2.05) is 0 Å². The number of carbonyl (C=O) groups is 3. The summed E-state index contributed by atoms with van der Waals surface area (Å²) in [6.45, 7) is 5.65. The highest BCUT2D eigenvalue weighted by molar-refractivity contribution is 5.87. The Morgan fingerprint density at radius 1 is 1.29 bits per heavy atom. The summed E-state index contributed by atoms with van der Waals surface area (Å²) in [4.78, 5) is 38.3. The number of hydrogen-bond acceptors (Lipinski definition) is 5. The molecule has 0 aromatic heterocycles. The van der Waals surface area contributed by atoms with Crippen molar-refractivity contribution in [1.82, 2.24) is 9.80 Å². The van der Waals surface area contributed by atoms with Gasteiger partial charge in [0.1, 0.15) is 18.2 Å². The molecule has 0 unspecified atom stereocenters. The van der Waals surface area contributed by atoms with Crippen LogP contribution in [0.15, 0.2) is 0 Å². The Morgan fingerprint density at radius 3 is 2.43 bits per heavy atom. The molecule has 0 aliphatic carbocycles. The van der Waals surface area contributed by atoms with Crippen molar-refractivity contribution in [2.45, 2.75) is 45.3 Å². The Balaban J connectivity index is 2.60. The molecule has 1 rings (SSSR count). The van der Waals surface area contributed by atoms with Crippen molar-refractivity contribution in [3.63, 3.8) is 0 Å². The van der Waals surface area contributed by atoms with Gasteiger partial charge in [-0.25, -0.2) is 9.59 Å². The van der Waals surface area contributed by atoms with Gasteiger partial charge >= 0.3 is 12.1 Å². The quantitative estimate of drug-likeness (QED) is 0.727. The molecule has 1 fully saturated rings. The molecule has 0 aromatic rings. The van der Waals surface area contributed by atoms with Gasteiger partial charge in [0.15, 0.2) is 0 Å². The monoisotopic (exact) mass is 300 g/mol. The van der Waals surface area contributed by atoms with Gasteiger partial charge in [0, 0.05) is 13.6 Å². The van der Waals surface area contributed by atoms with Crippen LogP contribution in [0.3, 0.4) is 0 Å². The lowest BCUT2D eigenvalue weighted by atomic mass is 10.2. The van der Waals surface area contributed by atoms with E-state index in [2.05, 4.69) is 0 Å². The van der Waals surface area contributed by atoms with E-state index in [1.165, 1.54) is 24.0 Å². The van der Waals surface area contributed by atoms with E-state index in [-0.39, 0.29) is 12.5 Å². The summed E-state index contributed by atoms with van der Waals surface area (Å²) < 4.78 is 9.88. The number of carbonyl (C=O) groups excluding carboxylic acids is 3. The van der Waals surface area contributed by atoms with Gasteiger partial charge in [-0.05, 0) is 33.6 Å². The molecule has 0 aromatic carbocycles. The van der Waals surface area contributed by atoms with Gasteiger partial charge in [-0.2, -0.15) is 0 Å². The van der Waals surface area contributed by atoms with Crippen LogP contribution in [0.4, 0.5) is 4.79 Å². The Hall–Kier alpha value is -1.79. The summed E-state index contributed by atoms with van der Waals surface area (Å²) >= 11 is 0. The molecule has 120 valence electrons. The number of rotatable bonds is 3. The van der Waals surface area contributed by atoms with Crippen molar-refractivity contribution >= 4 is 18.0 Å². The van der Waals surface area contributed by atoms with Crippen molar-refractivity contribution in [1.29, 1.82) is 0 Å². The summed E-state index contributed by atoms with van der Waals surface area (Å²) in [5, 5.41) is 0. The minimum Gasteiger partial charge on any atom is -0.467 e. The van der Waals surface area contributed by atoms with Crippen molar-refractivity contribution in [3.05, 3.63) is 0 Å². The molecule has 0 saturated carbocycles. The number of methoxy groups -OCH3 is 1. The fraction of sp³-hybridized carbons (Fsp3) is 0.786. The Morgan fingerprint density at radius 2 is 1.90 bits per heavy atom. The van der Waals surface area contributed by atoms with Crippen molar-refractivity contribution in [2.24, 2.45) is 0 Å². The summed E-state index contributed by atoms with van der Waals surface area (Å²) in [5.74, 6) is -0.697. The third kappa shape index (κ3) is 4.91. The highest BCUT2D eigenvalue weighted by atomic mass is 16.6. The molecule has 0 radical (unpaired) electrons. The second-order valence-electron chi connectivity index (χ2n) is 6.10. The van der Waals surface area contributed by atoms with Crippen molar-refractivity contribution in [3.8, 4) is 0 Å². The highest BCUT2D eigenvalue weighted by Gasteiger charge is 2.35. The first-order valence-corrected chi connectivity index (χ1v) is 6.97. The van der Waals surface area contributed by atoms with E-state index in [9.17, 15) is 14.4 Å². The van der Waals surface area contributed by atoms with Gasteiger partial charge < -0.3 is 19.3 Å². The Labute approximate surface area is 125 Å². The van der Waals surface area contributed by atoms with E-state index >= 15 is 0 Å². The topological polar surface area (TPSA) is 76.2 Å². The smallest absolute Gasteiger partial charge is 0.410 e. The summed E-state index contributed by atoms with van der Waals surface area (Å²) in [6, 6.07) is -0.547. The number of amides is 2. The minimum atomic E-state index is -0.614.